The summed E-state index contributed by atoms with van der Waals surface area (Å²) >= 11 is 0. The van der Waals surface area contributed by atoms with Crippen LogP contribution in [0.1, 0.15) is 26.7 Å². The van der Waals surface area contributed by atoms with Crippen LogP contribution in [0.3, 0.4) is 0 Å². The lowest BCUT2D eigenvalue weighted by molar-refractivity contribution is -0.122. The van der Waals surface area contributed by atoms with Crippen LogP contribution in [-0.4, -0.2) is 50.2 Å². The number of amides is 2. The Morgan fingerprint density at radius 3 is 2.39 bits per heavy atom. The molecule has 0 atom stereocenters. The maximum atomic E-state index is 11.6. The van der Waals surface area contributed by atoms with E-state index in [-0.39, 0.29) is 37.0 Å². The number of hydrogen-bond donors (Lipinski definition) is 3. The molecule has 0 aromatic rings. The molecule has 6 nitrogen and oxygen atoms in total. The summed E-state index contributed by atoms with van der Waals surface area (Å²) in [6, 6.07) is 0.327. The predicted octanol–water partition coefficient (Wildman–Crippen LogP) is -0.604. The van der Waals surface area contributed by atoms with Crippen molar-refractivity contribution in [2.45, 2.75) is 38.8 Å². The minimum Gasteiger partial charge on any atom is -0.381 e. The van der Waals surface area contributed by atoms with E-state index in [0.717, 1.165) is 12.8 Å². The highest BCUT2D eigenvalue weighted by molar-refractivity contribution is 5.81. The summed E-state index contributed by atoms with van der Waals surface area (Å²) in [4.78, 5) is 22.9. The molecule has 1 aliphatic heterocycles. The Hall–Kier alpha value is -1.14. The summed E-state index contributed by atoms with van der Waals surface area (Å²) in [7, 11) is 0. The Balaban J connectivity index is 2.07. The van der Waals surface area contributed by atoms with E-state index in [1.54, 1.807) is 0 Å². The summed E-state index contributed by atoms with van der Waals surface area (Å²) in [5.74, 6) is -0.164. The van der Waals surface area contributed by atoms with Gasteiger partial charge in [0.15, 0.2) is 0 Å². The number of carbonyl (C=O) groups excluding carboxylic acids is 2. The third kappa shape index (κ3) is 6.56. The largest absolute Gasteiger partial charge is 0.381 e. The molecule has 0 bridgehead atoms. The van der Waals surface area contributed by atoms with Crippen molar-refractivity contribution in [1.82, 2.24) is 16.0 Å². The second kappa shape index (κ2) is 8.05. The SMILES string of the molecule is CC(C)NC(=O)CNCC(=O)NC1CCOCC1. The zero-order valence-electron chi connectivity index (χ0n) is 11.1. The fourth-order valence-corrected chi connectivity index (χ4v) is 1.78. The van der Waals surface area contributed by atoms with Crippen molar-refractivity contribution >= 4 is 11.8 Å². The number of rotatable bonds is 6. The molecule has 1 saturated heterocycles. The van der Waals surface area contributed by atoms with E-state index in [1.807, 2.05) is 13.8 Å². The lowest BCUT2D eigenvalue weighted by atomic mass is 10.1. The zero-order valence-corrected chi connectivity index (χ0v) is 11.1. The van der Waals surface area contributed by atoms with E-state index in [4.69, 9.17) is 4.74 Å². The summed E-state index contributed by atoms with van der Waals surface area (Å²) in [5, 5.41) is 8.49. The molecule has 18 heavy (non-hydrogen) atoms. The molecule has 2 amide bonds. The van der Waals surface area contributed by atoms with Crippen molar-refractivity contribution < 1.29 is 14.3 Å². The number of ether oxygens (including phenoxy) is 1. The molecular weight excluding hydrogens is 234 g/mol. The van der Waals surface area contributed by atoms with Crippen LogP contribution in [0.15, 0.2) is 0 Å². The highest BCUT2D eigenvalue weighted by Crippen LogP contribution is 2.05. The summed E-state index contributed by atoms with van der Waals surface area (Å²) < 4.78 is 5.21. The Labute approximate surface area is 108 Å². The van der Waals surface area contributed by atoms with Crippen LogP contribution in [0.4, 0.5) is 0 Å². The quantitative estimate of drug-likeness (QED) is 0.593. The molecule has 0 aliphatic carbocycles. The molecule has 1 fully saturated rings. The van der Waals surface area contributed by atoms with Crippen LogP contribution in [0.5, 0.6) is 0 Å². The van der Waals surface area contributed by atoms with Crippen LogP contribution in [0.25, 0.3) is 0 Å². The van der Waals surface area contributed by atoms with Crippen molar-refractivity contribution in [3.05, 3.63) is 0 Å². The van der Waals surface area contributed by atoms with E-state index in [2.05, 4.69) is 16.0 Å². The van der Waals surface area contributed by atoms with Gasteiger partial charge in [-0.3, -0.25) is 14.9 Å². The van der Waals surface area contributed by atoms with Gasteiger partial charge in [-0.15, -0.1) is 0 Å². The molecule has 0 radical (unpaired) electrons. The normalized spacial score (nSPS) is 16.6. The van der Waals surface area contributed by atoms with Crippen molar-refractivity contribution in [2.24, 2.45) is 0 Å². The molecule has 6 heteroatoms. The summed E-state index contributed by atoms with van der Waals surface area (Å²) in [6.07, 6.45) is 1.72. The average molecular weight is 257 g/mol. The standard InChI is InChI=1S/C12H23N3O3/c1-9(2)14-11(16)7-13-8-12(17)15-10-3-5-18-6-4-10/h9-10,13H,3-8H2,1-2H3,(H,14,16)(H,15,17). The first-order valence-corrected chi connectivity index (χ1v) is 6.45. The van der Waals surface area contributed by atoms with E-state index < -0.39 is 0 Å². The maximum absolute atomic E-state index is 11.6. The topological polar surface area (TPSA) is 79.5 Å². The van der Waals surface area contributed by atoms with Gasteiger partial charge in [0, 0.05) is 25.3 Å². The van der Waals surface area contributed by atoms with Gasteiger partial charge >= 0.3 is 0 Å². The van der Waals surface area contributed by atoms with E-state index in [1.165, 1.54) is 0 Å². The highest BCUT2D eigenvalue weighted by Gasteiger charge is 2.15. The molecule has 0 spiro atoms. The molecule has 0 unspecified atom stereocenters. The van der Waals surface area contributed by atoms with E-state index >= 15 is 0 Å². The number of carbonyl (C=O) groups is 2. The van der Waals surface area contributed by atoms with Crippen LogP contribution in [0.2, 0.25) is 0 Å². The lowest BCUT2D eigenvalue weighted by Crippen LogP contribution is -2.45. The molecule has 1 aliphatic rings. The minimum atomic E-state index is -0.0936. The minimum absolute atomic E-state index is 0.0701. The van der Waals surface area contributed by atoms with Crippen molar-refractivity contribution in [3.8, 4) is 0 Å². The third-order valence-corrected chi connectivity index (χ3v) is 2.61. The van der Waals surface area contributed by atoms with Gasteiger partial charge in [-0.2, -0.15) is 0 Å². The summed E-state index contributed by atoms with van der Waals surface area (Å²) in [5.41, 5.74) is 0. The third-order valence-electron chi connectivity index (χ3n) is 2.61. The van der Waals surface area contributed by atoms with Crippen molar-refractivity contribution in [1.29, 1.82) is 0 Å². The molecule has 0 aromatic heterocycles. The molecule has 0 aromatic carbocycles. The van der Waals surface area contributed by atoms with Gasteiger partial charge in [0.05, 0.1) is 13.1 Å². The Kier molecular flexibility index (Phi) is 6.67. The van der Waals surface area contributed by atoms with Crippen LogP contribution in [0, 0.1) is 0 Å². The maximum Gasteiger partial charge on any atom is 0.234 e. The smallest absolute Gasteiger partial charge is 0.234 e. The van der Waals surface area contributed by atoms with Gasteiger partial charge in [0.1, 0.15) is 0 Å². The molecule has 104 valence electrons. The predicted molar refractivity (Wildman–Crippen MR) is 68.1 cm³/mol. The fraction of sp³-hybridized carbons (Fsp3) is 0.833. The van der Waals surface area contributed by atoms with Gasteiger partial charge in [0.2, 0.25) is 11.8 Å². The van der Waals surface area contributed by atoms with Crippen LogP contribution in [-0.2, 0) is 14.3 Å². The second-order valence-corrected chi connectivity index (χ2v) is 4.78. The summed E-state index contributed by atoms with van der Waals surface area (Å²) in [6.45, 7) is 5.54. The number of nitrogens with one attached hydrogen (secondary N) is 3. The Bertz CT molecular complexity index is 276. The van der Waals surface area contributed by atoms with E-state index in [9.17, 15) is 9.59 Å². The Morgan fingerprint density at radius 2 is 1.78 bits per heavy atom. The zero-order chi connectivity index (χ0) is 13.4. The molecule has 3 N–H and O–H groups in total. The first kappa shape index (κ1) is 14.9. The van der Waals surface area contributed by atoms with Gasteiger partial charge < -0.3 is 15.4 Å². The Morgan fingerprint density at radius 1 is 1.17 bits per heavy atom. The van der Waals surface area contributed by atoms with Gasteiger partial charge in [-0.05, 0) is 26.7 Å². The molecule has 1 heterocycles. The molecule has 0 saturated carbocycles. The van der Waals surface area contributed by atoms with Crippen molar-refractivity contribution in [3.63, 3.8) is 0 Å². The highest BCUT2D eigenvalue weighted by atomic mass is 16.5. The number of hydrogen-bond acceptors (Lipinski definition) is 4. The first-order chi connectivity index (χ1) is 8.58. The van der Waals surface area contributed by atoms with Crippen LogP contribution >= 0.6 is 0 Å². The van der Waals surface area contributed by atoms with Crippen LogP contribution < -0.4 is 16.0 Å². The fourth-order valence-electron chi connectivity index (χ4n) is 1.78. The monoisotopic (exact) mass is 257 g/mol. The van der Waals surface area contributed by atoms with Crippen molar-refractivity contribution in [2.75, 3.05) is 26.3 Å². The lowest BCUT2D eigenvalue weighted by Gasteiger charge is -2.23. The van der Waals surface area contributed by atoms with Gasteiger partial charge in [0.25, 0.3) is 0 Å². The molecular formula is C12H23N3O3. The first-order valence-electron chi connectivity index (χ1n) is 6.45. The van der Waals surface area contributed by atoms with Gasteiger partial charge in [-0.25, -0.2) is 0 Å². The van der Waals surface area contributed by atoms with Gasteiger partial charge in [-0.1, -0.05) is 0 Å². The average Bonchev–Trinajstić information content (AvgIpc) is 2.29. The molecule has 1 rings (SSSR count). The van der Waals surface area contributed by atoms with E-state index in [0.29, 0.717) is 13.2 Å². The second-order valence-electron chi connectivity index (χ2n) is 4.78.